The van der Waals surface area contributed by atoms with Crippen LogP contribution in [0.2, 0.25) is 5.02 Å². The van der Waals surface area contributed by atoms with Gasteiger partial charge in [-0.2, -0.15) is 5.10 Å². The molecule has 0 aliphatic heterocycles. The summed E-state index contributed by atoms with van der Waals surface area (Å²) in [7, 11) is 1.48. The van der Waals surface area contributed by atoms with Crippen molar-refractivity contribution in [1.82, 2.24) is 10.4 Å². The van der Waals surface area contributed by atoms with E-state index in [0.717, 1.165) is 0 Å². The van der Waals surface area contributed by atoms with Gasteiger partial charge < -0.3 is 4.74 Å². The number of aromatic nitrogens is 1. The summed E-state index contributed by atoms with van der Waals surface area (Å²) in [5, 5.41) is 4.29. The van der Waals surface area contributed by atoms with Crippen molar-refractivity contribution in [3.63, 3.8) is 0 Å². The summed E-state index contributed by atoms with van der Waals surface area (Å²) >= 11 is 5.86. The van der Waals surface area contributed by atoms with E-state index >= 15 is 0 Å². The molecule has 0 atom stereocenters. The van der Waals surface area contributed by atoms with E-state index in [2.05, 4.69) is 15.5 Å². The predicted molar refractivity (Wildman–Crippen MR) is 77.3 cm³/mol. The molecule has 5 nitrogen and oxygen atoms in total. The van der Waals surface area contributed by atoms with Gasteiger partial charge in [-0.1, -0.05) is 17.7 Å². The Hall–Kier alpha value is -2.40. The zero-order valence-electron chi connectivity index (χ0n) is 10.7. The highest BCUT2D eigenvalue weighted by Gasteiger charge is 2.11. The van der Waals surface area contributed by atoms with Gasteiger partial charge in [0.15, 0.2) is 0 Å². The van der Waals surface area contributed by atoms with Gasteiger partial charge >= 0.3 is 0 Å². The topological polar surface area (TPSA) is 63.6 Å². The van der Waals surface area contributed by atoms with Gasteiger partial charge in [-0.15, -0.1) is 0 Å². The number of amides is 1. The predicted octanol–water partition coefficient (Wildman–Crippen LogP) is 2.51. The lowest BCUT2D eigenvalue weighted by atomic mass is 10.2. The molecule has 0 saturated carbocycles. The van der Waals surface area contributed by atoms with Gasteiger partial charge in [0.2, 0.25) is 0 Å². The van der Waals surface area contributed by atoms with Crippen LogP contribution in [0.25, 0.3) is 0 Å². The van der Waals surface area contributed by atoms with Crippen molar-refractivity contribution in [1.29, 1.82) is 0 Å². The van der Waals surface area contributed by atoms with Gasteiger partial charge in [0.25, 0.3) is 5.91 Å². The van der Waals surface area contributed by atoms with Crippen LogP contribution in [0, 0.1) is 0 Å². The third-order valence-corrected chi connectivity index (χ3v) is 2.69. The number of hydrogen-bond donors (Lipinski definition) is 1. The number of rotatable bonds is 4. The standard InChI is InChI=1S/C14H12ClN3O2/c1-20-13-6-5-10(15)8-12(13)14(19)18-17-9-11-4-2-3-7-16-11/h2-9H,1H3,(H,18,19). The van der Waals surface area contributed by atoms with Crippen LogP contribution in [-0.2, 0) is 0 Å². The molecular weight excluding hydrogens is 278 g/mol. The van der Waals surface area contributed by atoms with Crippen molar-refractivity contribution in [3.05, 3.63) is 58.9 Å². The Kier molecular flexibility index (Phi) is 4.68. The fraction of sp³-hybridized carbons (Fsp3) is 0.0714. The van der Waals surface area contributed by atoms with Crippen molar-refractivity contribution in [2.75, 3.05) is 7.11 Å². The Balaban J connectivity index is 2.09. The first-order chi connectivity index (χ1) is 9.70. The van der Waals surface area contributed by atoms with Gasteiger partial charge in [-0.3, -0.25) is 9.78 Å². The summed E-state index contributed by atoms with van der Waals surface area (Å²) in [5.74, 6) is 0.0245. The molecule has 1 amide bonds. The summed E-state index contributed by atoms with van der Waals surface area (Å²) in [4.78, 5) is 16.0. The van der Waals surface area contributed by atoms with Crippen molar-refractivity contribution < 1.29 is 9.53 Å². The molecule has 0 spiro atoms. The Morgan fingerprint density at radius 1 is 1.40 bits per heavy atom. The van der Waals surface area contributed by atoms with E-state index in [4.69, 9.17) is 16.3 Å². The smallest absolute Gasteiger partial charge is 0.275 e. The van der Waals surface area contributed by atoms with Gasteiger partial charge in [0.05, 0.1) is 24.6 Å². The van der Waals surface area contributed by atoms with Crippen molar-refractivity contribution in [3.8, 4) is 5.75 Å². The van der Waals surface area contributed by atoms with Crippen LogP contribution < -0.4 is 10.2 Å². The van der Waals surface area contributed by atoms with Crippen LogP contribution >= 0.6 is 11.6 Å². The maximum atomic E-state index is 12.0. The number of methoxy groups -OCH3 is 1. The number of carbonyl (C=O) groups excluding carboxylic acids is 1. The van der Waals surface area contributed by atoms with Gasteiger partial charge in [-0.25, -0.2) is 5.43 Å². The number of benzene rings is 1. The third-order valence-electron chi connectivity index (χ3n) is 2.46. The van der Waals surface area contributed by atoms with Crippen molar-refractivity contribution in [2.45, 2.75) is 0 Å². The van der Waals surface area contributed by atoms with E-state index in [9.17, 15) is 4.79 Å². The van der Waals surface area contributed by atoms with E-state index in [1.807, 2.05) is 6.07 Å². The first-order valence-electron chi connectivity index (χ1n) is 5.78. The van der Waals surface area contributed by atoms with Gasteiger partial charge in [0, 0.05) is 11.2 Å². The number of nitrogens with one attached hydrogen (secondary N) is 1. The average Bonchev–Trinajstić information content (AvgIpc) is 2.48. The van der Waals surface area contributed by atoms with E-state index < -0.39 is 5.91 Å². The molecule has 6 heteroatoms. The molecule has 0 bridgehead atoms. The molecule has 20 heavy (non-hydrogen) atoms. The molecule has 0 saturated heterocycles. The number of nitrogens with zero attached hydrogens (tertiary/aromatic N) is 2. The van der Waals surface area contributed by atoms with Gasteiger partial charge in [-0.05, 0) is 30.3 Å². The Morgan fingerprint density at radius 3 is 2.95 bits per heavy atom. The minimum atomic E-state index is -0.406. The lowest BCUT2D eigenvalue weighted by Crippen LogP contribution is -2.18. The quantitative estimate of drug-likeness (QED) is 0.695. The first-order valence-corrected chi connectivity index (χ1v) is 6.16. The van der Waals surface area contributed by atoms with Crippen LogP contribution in [-0.4, -0.2) is 24.2 Å². The number of halogens is 1. The molecule has 1 aromatic carbocycles. The lowest BCUT2D eigenvalue weighted by molar-refractivity contribution is 0.0952. The van der Waals surface area contributed by atoms with Crippen molar-refractivity contribution >= 4 is 23.7 Å². The zero-order valence-corrected chi connectivity index (χ0v) is 11.5. The van der Waals surface area contributed by atoms with Crippen LogP contribution in [0.1, 0.15) is 16.1 Å². The number of carbonyl (C=O) groups is 1. The first kappa shape index (κ1) is 14.0. The van der Waals surface area contributed by atoms with Crippen LogP contribution in [0.4, 0.5) is 0 Å². The highest BCUT2D eigenvalue weighted by Crippen LogP contribution is 2.22. The maximum Gasteiger partial charge on any atom is 0.275 e. The molecule has 1 N–H and O–H groups in total. The molecule has 1 aromatic heterocycles. The Morgan fingerprint density at radius 2 is 2.25 bits per heavy atom. The van der Waals surface area contributed by atoms with Gasteiger partial charge in [0.1, 0.15) is 5.75 Å². The molecule has 0 radical (unpaired) electrons. The number of hydrazone groups is 1. The maximum absolute atomic E-state index is 12.0. The average molecular weight is 290 g/mol. The Labute approximate surface area is 121 Å². The SMILES string of the molecule is COc1ccc(Cl)cc1C(=O)NN=Cc1ccccn1. The monoisotopic (exact) mass is 289 g/mol. The van der Waals surface area contributed by atoms with E-state index in [-0.39, 0.29) is 0 Å². The van der Waals surface area contributed by atoms with E-state index in [0.29, 0.717) is 22.0 Å². The van der Waals surface area contributed by atoms with Crippen LogP contribution in [0.3, 0.4) is 0 Å². The molecule has 1 heterocycles. The number of ether oxygens (including phenoxy) is 1. The second-order valence-electron chi connectivity index (χ2n) is 3.80. The summed E-state index contributed by atoms with van der Waals surface area (Å²) in [6, 6.07) is 10.2. The summed E-state index contributed by atoms with van der Waals surface area (Å²) < 4.78 is 5.10. The van der Waals surface area contributed by atoms with Crippen LogP contribution in [0.15, 0.2) is 47.7 Å². The lowest BCUT2D eigenvalue weighted by Gasteiger charge is -2.07. The summed E-state index contributed by atoms with van der Waals surface area (Å²) in [6.07, 6.45) is 3.10. The number of hydrogen-bond acceptors (Lipinski definition) is 4. The second kappa shape index (κ2) is 6.68. The molecule has 0 unspecified atom stereocenters. The molecule has 0 aliphatic carbocycles. The summed E-state index contributed by atoms with van der Waals surface area (Å²) in [6.45, 7) is 0. The molecule has 0 aliphatic rings. The Bertz CT molecular complexity index is 630. The molecule has 0 fully saturated rings. The molecule has 2 aromatic rings. The highest BCUT2D eigenvalue weighted by molar-refractivity contribution is 6.31. The van der Waals surface area contributed by atoms with Crippen molar-refractivity contribution in [2.24, 2.45) is 5.10 Å². The largest absolute Gasteiger partial charge is 0.496 e. The van der Waals surface area contributed by atoms with E-state index in [1.165, 1.54) is 19.4 Å². The normalized spacial score (nSPS) is 10.5. The molecule has 2 rings (SSSR count). The zero-order chi connectivity index (χ0) is 14.4. The minimum Gasteiger partial charge on any atom is -0.496 e. The van der Waals surface area contributed by atoms with Crippen LogP contribution in [0.5, 0.6) is 5.75 Å². The highest BCUT2D eigenvalue weighted by atomic mass is 35.5. The summed E-state index contributed by atoms with van der Waals surface area (Å²) in [5.41, 5.74) is 3.36. The molecular formula is C14H12ClN3O2. The number of pyridine rings is 1. The fourth-order valence-electron chi connectivity index (χ4n) is 1.53. The van der Waals surface area contributed by atoms with E-state index in [1.54, 1.807) is 30.5 Å². The second-order valence-corrected chi connectivity index (χ2v) is 4.23. The fourth-order valence-corrected chi connectivity index (χ4v) is 1.70. The minimum absolute atomic E-state index is 0.318. The third kappa shape index (κ3) is 3.55. The molecule has 102 valence electrons.